The molecule has 0 spiro atoms. The van der Waals surface area contributed by atoms with Crippen LogP contribution in [-0.4, -0.2) is 22.2 Å². The molecule has 2 aromatic carbocycles. The first kappa shape index (κ1) is 19.7. The lowest BCUT2D eigenvalue weighted by molar-refractivity contribution is -0.137. The minimum Gasteiger partial charge on any atom is -0.356 e. The Labute approximate surface area is 161 Å². The fourth-order valence-electron chi connectivity index (χ4n) is 2.76. The highest BCUT2D eigenvalue weighted by Crippen LogP contribution is 2.29. The van der Waals surface area contributed by atoms with Crippen LogP contribution in [0.15, 0.2) is 67.0 Å². The number of carbonyl (C=O) groups excluding carboxylic acids is 1. The molecule has 28 heavy (non-hydrogen) atoms. The van der Waals surface area contributed by atoms with Gasteiger partial charge in [-0.15, -0.1) is 0 Å². The molecular formula is C21H20F3N3O. The number of nitrogens with one attached hydrogen (secondary N) is 1. The minimum absolute atomic E-state index is 0.0978. The largest absolute Gasteiger partial charge is 0.416 e. The van der Waals surface area contributed by atoms with Gasteiger partial charge in [-0.2, -0.15) is 18.3 Å². The molecule has 0 bridgehead atoms. The van der Waals surface area contributed by atoms with E-state index >= 15 is 0 Å². The van der Waals surface area contributed by atoms with E-state index in [0.717, 1.165) is 28.9 Å². The lowest BCUT2D eigenvalue weighted by Gasteiger charge is -2.08. The number of aromatic nitrogens is 2. The van der Waals surface area contributed by atoms with E-state index in [2.05, 4.69) is 10.4 Å². The summed E-state index contributed by atoms with van der Waals surface area (Å²) in [4.78, 5) is 12.0. The Morgan fingerprint density at radius 3 is 2.36 bits per heavy atom. The first-order valence-corrected chi connectivity index (χ1v) is 8.93. The SMILES string of the molecule is O=C(CCc1cnn(-c2ccccc2)c1)NCCc1ccc(C(F)(F)F)cc1. The average molecular weight is 387 g/mol. The molecule has 0 aliphatic heterocycles. The lowest BCUT2D eigenvalue weighted by atomic mass is 10.1. The summed E-state index contributed by atoms with van der Waals surface area (Å²) in [5.74, 6) is -0.0978. The van der Waals surface area contributed by atoms with Crippen molar-refractivity contribution in [1.82, 2.24) is 15.1 Å². The van der Waals surface area contributed by atoms with Crippen molar-refractivity contribution in [3.05, 3.63) is 83.7 Å². The lowest BCUT2D eigenvalue weighted by Crippen LogP contribution is -2.25. The van der Waals surface area contributed by atoms with Gasteiger partial charge in [0.25, 0.3) is 0 Å². The number of halogens is 3. The molecule has 0 saturated carbocycles. The van der Waals surface area contributed by atoms with E-state index < -0.39 is 11.7 Å². The van der Waals surface area contributed by atoms with Gasteiger partial charge in [0.2, 0.25) is 5.91 Å². The minimum atomic E-state index is -4.33. The highest BCUT2D eigenvalue weighted by atomic mass is 19.4. The molecule has 0 saturated heterocycles. The van der Waals surface area contributed by atoms with E-state index in [9.17, 15) is 18.0 Å². The summed E-state index contributed by atoms with van der Waals surface area (Å²) in [7, 11) is 0. The number of amides is 1. The van der Waals surface area contributed by atoms with Gasteiger partial charge in [-0.3, -0.25) is 4.79 Å². The van der Waals surface area contributed by atoms with Crippen molar-refractivity contribution < 1.29 is 18.0 Å². The number of aryl methyl sites for hydroxylation is 1. The van der Waals surface area contributed by atoms with Gasteiger partial charge in [0, 0.05) is 19.2 Å². The molecule has 0 unspecified atom stereocenters. The molecular weight excluding hydrogens is 367 g/mol. The first-order valence-electron chi connectivity index (χ1n) is 8.93. The van der Waals surface area contributed by atoms with Gasteiger partial charge in [-0.25, -0.2) is 4.68 Å². The number of rotatable bonds is 7. The van der Waals surface area contributed by atoms with Crippen LogP contribution in [0, 0.1) is 0 Å². The monoisotopic (exact) mass is 387 g/mol. The fourth-order valence-corrected chi connectivity index (χ4v) is 2.76. The normalized spacial score (nSPS) is 11.4. The molecule has 0 aliphatic carbocycles. The molecule has 146 valence electrons. The Balaban J connectivity index is 1.41. The van der Waals surface area contributed by atoms with Crippen LogP contribution in [0.3, 0.4) is 0 Å². The van der Waals surface area contributed by atoms with Crippen LogP contribution < -0.4 is 5.32 Å². The van der Waals surface area contributed by atoms with Crippen LogP contribution in [0.2, 0.25) is 0 Å². The van der Waals surface area contributed by atoms with Crippen LogP contribution in [0.1, 0.15) is 23.1 Å². The van der Waals surface area contributed by atoms with E-state index in [1.54, 1.807) is 10.9 Å². The summed E-state index contributed by atoms with van der Waals surface area (Å²) in [6, 6.07) is 14.7. The van der Waals surface area contributed by atoms with E-state index in [0.29, 0.717) is 25.8 Å². The number of nitrogens with zero attached hydrogens (tertiary/aromatic N) is 2. The second-order valence-electron chi connectivity index (χ2n) is 6.42. The molecule has 1 heterocycles. The molecule has 3 rings (SSSR count). The maximum atomic E-state index is 12.5. The van der Waals surface area contributed by atoms with Crippen molar-refractivity contribution in [2.24, 2.45) is 0 Å². The molecule has 3 aromatic rings. The second-order valence-corrected chi connectivity index (χ2v) is 6.42. The van der Waals surface area contributed by atoms with Crippen LogP contribution in [0.25, 0.3) is 5.69 Å². The van der Waals surface area contributed by atoms with Gasteiger partial charge >= 0.3 is 6.18 Å². The average Bonchev–Trinajstić information content (AvgIpc) is 3.16. The number of carbonyl (C=O) groups is 1. The summed E-state index contributed by atoms with van der Waals surface area (Å²) < 4.78 is 39.4. The molecule has 1 amide bonds. The highest BCUT2D eigenvalue weighted by molar-refractivity contribution is 5.76. The summed E-state index contributed by atoms with van der Waals surface area (Å²) in [6.07, 6.45) is 0.677. The Bertz CT molecular complexity index is 903. The number of hydrogen-bond donors (Lipinski definition) is 1. The molecule has 0 atom stereocenters. The summed E-state index contributed by atoms with van der Waals surface area (Å²) >= 11 is 0. The van der Waals surface area contributed by atoms with Gasteiger partial charge in [-0.05, 0) is 48.2 Å². The van der Waals surface area contributed by atoms with Gasteiger partial charge in [-0.1, -0.05) is 30.3 Å². The van der Waals surface area contributed by atoms with E-state index in [1.807, 2.05) is 36.5 Å². The van der Waals surface area contributed by atoms with E-state index in [-0.39, 0.29) is 5.91 Å². The molecule has 4 nitrogen and oxygen atoms in total. The first-order chi connectivity index (χ1) is 13.4. The molecule has 0 aliphatic rings. The zero-order chi connectivity index (χ0) is 20.0. The molecule has 1 aromatic heterocycles. The van der Waals surface area contributed by atoms with Crippen LogP contribution >= 0.6 is 0 Å². The summed E-state index contributed by atoms with van der Waals surface area (Å²) in [6.45, 7) is 0.382. The Morgan fingerprint density at radius 2 is 1.68 bits per heavy atom. The van der Waals surface area contributed by atoms with Crippen molar-refractivity contribution in [2.45, 2.75) is 25.4 Å². The van der Waals surface area contributed by atoms with Gasteiger partial charge in [0.15, 0.2) is 0 Å². The van der Waals surface area contributed by atoms with Crippen molar-refractivity contribution in [1.29, 1.82) is 0 Å². The van der Waals surface area contributed by atoms with Crippen molar-refractivity contribution in [2.75, 3.05) is 6.54 Å². The third kappa shape index (κ3) is 5.45. The topological polar surface area (TPSA) is 46.9 Å². The Morgan fingerprint density at radius 1 is 0.964 bits per heavy atom. The van der Waals surface area contributed by atoms with Crippen LogP contribution in [-0.2, 0) is 23.8 Å². The highest BCUT2D eigenvalue weighted by Gasteiger charge is 2.29. The van der Waals surface area contributed by atoms with Crippen LogP contribution in [0.5, 0.6) is 0 Å². The van der Waals surface area contributed by atoms with Gasteiger partial charge in [0.05, 0.1) is 17.4 Å². The molecule has 7 heteroatoms. The van der Waals surface area contributed by atoms with Crippen molar-refractivity contribution >= 4 is 5.91 Å². The Kier molecular flexibility index (Phi) is 6.13. The maximum absolute atomic E-state index is 12.5. The van der Waals surface area contributed by atoms with E-state index in [4.69, 9.17) is 0 Å². The van der Waals surface area contributed by atoms with Gasteiger partial charge in [0.1, 0.15) is 0 Å². The third-order valence-corrected chi connectivity index (χ3v) is 4.31. The van der Waals surface area contributed by atoms with Crippen molar-refractivity contribution in [3.63, 3.8) is 0 Å². The van der Waals surface area contributed by atoms with E-state index in [1.165, 1.54) is 12.1 Å². The van der Waals surface area contributed by atoms with Gasteiger partial charge < -0.3 is 5.32 Å². The number of benzene rings is 2. The quantitative estimate of drug-likeness (QED) is 0.661. The zero-order valence-corrected chi connectivity index (χ0v) is 15.1. The number of hydrogen-bond acceptors (Lipinski definition) is 2. The Hall–Kier alpha value is -3.09. The number of alkyl halides is 3. The molecule has 1 N–H and O–H groups in total. The smallest absolute Gasteiger partial charge is 0.356 e. The fraction of sp³-hybridized carbons (Fsp3) is 0.238. The predicted molar refractivity (Wildman–Crippen MR) is 100 cm³/mol. The predicted octanol–water partition coefficient (Wildman–Crippen LogP) is 4.18. The second kappa shape index (κ2) is 8.73. The maximum Gasteiger partial charge on any atom is 0.416 e. The van der Waals surface area contributed by atoms with Crippen LogP contribution in [0.4, 0.5) is 13.2 Å². The summed E-state index contributed by atoms with van der Waals surface area (Å²) in [5, 5.41) is 7.09. The standard InChI is InChI=1S/C21H20F3N3O/c22-21(23,24)18-9-6-16(7-10-18)12-13-25-20(28)11-8-17-14-26-27(15-17)19-4-2-1-3-5-19/h1-7,9-10,14-15H,8,11-13H2,(H,25,28). The van der Waals surface area contributed by atoms with Crippen molar-refractivity contribution in [3.8, 4) is 5.69 Å². The number of para-hydroxylation sites is 1. The third-order valence-electron chi connectivity index (χ3n) is 4.31. The zero-order valence-electron chi connectivity index (χ0n) is 15.1. The molecule has 0 radical (unpaired) electrons. The molecule has 0 fully saturated rings. The summed E-state index contributed by atoms with van der Waals surface area (Å²) in [5.41, 5.74) is 1.99.